The summed E-state index contributed by atoms with van der Waals surface area (Å²) in [7, 11) is 0. The summed E-state index contributed by atoms with van der Waals surface area (Å²) in [6.45, 7) is 2.40. The van der Waals surface area contributed by atoms with Crippen LogP contribution < -0.4 is 0 Å². The summed E-state index contributed by atoms with van der Waals surface area (Å²) in [5.74, 6) is -0.0813. The summed E-state index contributed by atoms with van der Waals surface area (Å²) in [4.78, 5) is 15.0. The predicted molar refractivity (Wildman–Crippen MR) is 99.7 cm³/mol. The largest absolute Gasteiger partial charge is 0.508 e. The van der Waals surface area contributed by atoms with Crippen molar-refractivity contribution in [3.8, 4) is 5.75 Å². The van der Waals surface area contributed by atoms with Gasteiger partial charge in [0.2, 0.25) is 0 Å². The minimum absolute atomic E-state index is 0.0261. The zero-order valence-corrected chi connectivity index (χ0v) is 16.1. The van der Waals surface area contributed by atoms with Crippen molar-refractivity contribution in [2.75, 3.05) is 6.54 Å². The maximum Gasteiger partial charge on any atom is 0.140 e. The summed E-state index contributed by atoms with van der Waals surface area (Å²) < 4.78 is 0. The second kappa shape index (κ2) is 4.98. The SMILES string of the molecule is CC(O)(C1CC1)N1CC[C@]23c4c5ccc(O)c4C[C@H]2C(=O)CC(O)[C@@]3(O)[C@H]1C5. The normalized spacial score (nSPS) is 43.6. The molecule has 6 nitrogen and oxygen atoms in total. The Morgan fingerprint density at radius 3 is 2.68 bits per heavy atom. The fourth-order valence-corrected chi connectivity index (χ4v) is 7.41. The summed E-state index contributed by atoms with van der Waals surface area (Å²) in [5, 5.41) is 45.1. The molecule has 6 rings (SSSR count). The van der Waals surface area contributed by atoms with E-state index in [1.807, 2.05) is 17.9 Å². The van der Waals surface area contributed by atoms with Crippen molar-refractivity contribution in [2.45, 2.75) is 74.3 Å². The first-order valence-corrected chi connectivity index (χ1v) is 10.5. The Hall–Kier alpha value is -1.47. The molecular formula is C22H27NO5. The van der Waals surface area contributed by atoms with Crippen LogP contribution in [-0.4, -0.2) is 61.1 Å². The fraction of sp³-hybridized carbons (Fsp3) is 0.682. The second-order valence-corrected chi connectivity index (χ2v) is 9.87. The number of carbonyl (C=O) groups excluding carboxylic acids is 1. The van der Waals surface area contributed by atoms with Crippen LogP contribution in [0.5, 0.6) is 5.75 Å². The fourth-order valence-electron chi connectivity index (χ4n) is 7.41. The van der Waals surface area contributed by atoms with Crippen LogP contribution in [0, 0.1) is 11.8 Å². The van der Waals surface area contributed by atoms with Gasteiger partial charge in [-0.1, -0.05) is 6.07 Å². The van der Waals surface area contributed by atoms with Crippen LogP contribution in [-0.2, 0) is 23.1 Å². The number of rotatable bonds is 2. The van der Waals surface area contributed by atoms with E-state index in [-0.39, 0.29) is 23.9 Å². The Morgan fingerprint density at radius 1 is 1.21 bits per heavy atom. The van der Waals surface area contributed by atoms with Gasteiger partial charge >= 0.3 is 0 Å². The molecule has 1 spiro atoms. The third kappa shape index (κ3) is 1.69. The minimum Gasteiger partial charge on any atom is -0.508 e. The highest BCUT2D eigenvalue weighted by molar-refractivity contribution is 5.88. The van der Waals surface area contributed by atoms with Gasteiger partial charge in [-0.15, -0.1) is 0 Å². The number of carbonyl (C=O) groups is 1. The smallest absolute Gasteiger partial charge is 0.140 e. The predicted octanol–water partition coefficient (Wildman–Crippen LogP) is 0.616. The summed E-state index contributed by atoms with van der Waals surface area (Å²) in [5.41, 5.74) is -0.713. The van der Waals surface area contributed by atoms with Crippen molar-refractivity contribution < 1.29 is 25.2 Å². The number of aliphatic hydroxyl groups is 3. The number of likely N-dealkylation sites (tertiary alicyclic amines) is 1. The van der Waals surface area contributed by atoms with Gasteiger partial charge < -0.3 is 20.4 Å². The average molecular weight is 385 g/mol. The molecule has 0 aromatic heterocycles. The van der Waals surface area contributed by atoms with E-state index < -0.39 is 34.8 Å². The van der Waals surface area contributed by atoms with Crippen molar-refractivity contribution in [3.05, 3.63) is 28.8 Å². The molecular weight excluding hydrogens is 358 g/mol. The minimum atomic E-state index is -1.51. The Labute approximate surface area is 163 Å². The third-order valence-electron chi connectivity index (χ3n) is 8.81. The number of hydrogen-bond donors (Lipinski definition) is 4. The summed E-state index contributed by atoms with van der Waals surface area (Å²) in [6.07, 6.45) is 2.13. The third-order valence-corrected chi connectivity index (χ3v) is 8.81. The standard InChI is InChI=1S/C22H27NO5/c1-20(27,12-3-4-12)23-7-6-21-14-9-13-15(24)5-2-11(19(13)21)8-17(23)22(21,28)18(26)10-16(14)25/h2,5,12,14,17-18,24,26-28H,3-4,6-10H2,1H3/t14-,17+,18?,20?,21+,22-/m0/s1. The van der Waals surface area contributed by atoms with Gasteiger partial charge in [0.15, 0.2) is 0 Å². The molecule has 3 fully saturated rings. The molecule has 2 unspecified atom stereocenters. The van der Waals surface area contributed by atoms with Gasteiger partial charge in [-0.25, -0.2) is 0 Å². The Kier molecular flexibility index (Phi) is 3.09. The first-order valence-electron chi connectivity index (χ1n) is 10.5. The molecule has 1 aromatic rings. The second-order valence-electron chi connectivity index (χ2n) is 9.87. The topological polar surface area (TPSA) is 101 Å². The molecule has 2 bridgehead atoms. The van der Waals surface area contributed by atoms with E-state index in [4.69, 9.17) is 0 Å². The molecule has 150 valence electrons. The van der Waals surface area contributed by atoms with Crippen molar-refractivity contribution >= 4 is 5.78 Å². The monoisotopic (exact) mass is 385 g/mol. The van der Waals surface area contributed by atoms with E-state index in [0.29, 0.717) is 25.8 Å². The van der Waals surface area contributed by atoms with E-state index in [0.717, 1.165) is 29.5 Å². The van der Waals surface area contributed by atoms with Crippen LogP contribution in [0.2, 0.25) is 0 Å². The zero-order chi connectivity index (χ0) is 19.6. The number of phenolic OH excluding ortho intramolecular Hbond substituents is 1. The van der Waals surface area contributed by atoms with Gasteiger partial charge in [-0.05, 0) is 61.8 Å². The first-order chi connectivity index (χ1) is 13.2. The molecule has 1 saturated heterocycles. The highest BCUT2D eigenvalue weighted by atomic mass is 16.4. The number of piperidine rings is 1. The van der Waals surface area contributed by atoms with Gasteiger partial charge in [-0.2, -0.15) is 0 Å². The summed E-state index contributed by atoms with van der Waals surface area (Å²) in [6, 6.07) is 3.13. The molecule has 1 heterocycles. The molecule has 5 aliphatic rings. The van der Waals surface area contributed by atoms with Crippen molar-refractivity contribution in [3.63, 3.8) is 0 Å². The van der Waals surface area contributed by atoms with Crippen molar-refractivity contribution in [1.82, 2.24) is 4.90 Å². The lowest BCUT2D eigenvalue weighted by molar-refractivity contribution is -0.264. The number of hydrogen-bond acceptors (Lipinski definition) is 6. The number of aromatic hydroxyl groups is 1. The molecule has 0 amide bonds. The van der Waals surface area contributed by atoms with Crippen LogP contribution in [0.4, 0.5) is 0 Å². The van der Waals surface area contributed by atoms with Crippen LogP contribution in [0.25, 0.3) is 0 Å². The number of phenols is 1. The maximum atomic E-state index is 13.0. The summed E-state index contributed by atoms with van der Waals surface area (Å²) >= 11 is 0. The number of benzene rings is 1. The van der Waals surface area contributed by atoms with Crippen LogP contribution in [0.1, 0.15) is 49.3 Å². The number of nitrogens with zero attached hydrogens (tertiary/aromatic N) is 1. The van der Waals surface area contributed by atoms with Crippen LogP contribution in [0.3, 0.4) is 0 Å². The lowest BCUT2D eigenvalue weighted by Gasteiger charge is -2.67. The maximum absolute atomic E-state index is 13.0. The van der Waals surface area contributed by atoms with Crippen LogP contribution in [0.15, 0.2) is 12.1 Å². The van der Waals surface area contributed by atoms with Crippen LogP contribution >= 0.6 is 0 Å². The Bertz CT molecular complexity index is 908. The Balaban J connectivity index is 1.61. The van der Waals surface area contributed by atoms with E-state index in [9.17, 15) is 25.2 Å². The molecule has 6 atom stereocenters. The lowest BCUT2D eigenvalue weighted by Crippen LogP contribution is -2.81. The highest BCUT2D eigenvalue weighted by Gasteiger charge is 2.75. The van der Waals surface area contributed by atoms with E-state index in [2.05, 4.69) is 0 Å². The molecule has 6 heteroatoms. The van der Waals surface area contributed by atoms with Gasteiger partial charge in [0, 0.05) is 36.3 Å². The quantitative estimate of drug-likeness (QED) is 0.595. The molecule has 1 aliphatic heterocycles. The van der Waals surface area contributed by atoms with Gasteiger partial charge in [-0.3, -0.25) is 9.69 Å². The van der Waals surface area contributed by atoms with E-state index in [1.54, 1.807) is 6.07 Å². The van der Waals surface area contributed by atoms with Crippen molar-refractivity contribution in [1.29, 1.82) is 0 Å². The number of aliphatic hydroxyl groups excluding tert-OH is 1. The number of ketones is 1. The lowest BCUT2D eigenvalue weighted by atomic mass is 9.46. The Morgan fingerprint density at radius 2 is 1.96 bits per heavy atom. The van der Waals surface area contributed by atoms with E-state index >= 15 is 0 Å². The highest BCUT2D eigenvalue weighted by Crippen LogP contribution is 2.66. The number of Topliss-reactive ketones (excluding diaryl/α,β-unsaturated/α-hetero) is 1. The molecule has 1 aromatic carbocycles. The average Bonchev–Trinajstić information content (AvgIpc) is 3.42. The molecule has 4 N–H and O–H groups in total. The molecule has 2 saturated carbocycles. The zero-order valence-electron chi connectivity index (χ0n) is 16.1. The van der Waals surface area contributed by atoms with Gasteiger partial charge in [0.05, 0.1) is 6.10 Å². The van der Waals surface area contributed by atoms with Gasteiger partial charge in [0.25, 0.3) is 0 Å². The molecule has 4 aliphatic carbocycles. The van der Waals surface area contributed by atoms with E-state index in [1.165, 1.54) is 0 Å². The molecule has 28 heavy (non-hydrogen) atoms. The van der Waals surface area contributed by atoms with Gasteiger partial charge in [0.1, 0.15) is 22.9 Å². The first kappa shape index (κ1) is 17.4. The molecule has 0 radical (unpaired) electrons. The van der Waals surface area contributed by atoms with Crippen molar-refractivity contribution in [2.24, 2.45) is 11.8 Å².